The predicted molar refractivity (Wildman–Crippen MR) is 26.8 cm³/mol. The van der Waals surface area contributed by atoms with Crippen molar-refractivity contribution in [2.24, 2.45) is 0 Å². The molecule has 0 radical (unpaired) electrons. The van der Waals surface area contributed by atoms with Crippen molar-refractivity contribution in [2.45, 2.75) is 13.1 Å². The minimum Gasteiger partial charge on any atom is -0.492 e. The average molecular weight is 140 g/mol. The lowest BCUT2D eigenvalue weighted by Gasteiger charge is -2.03. The lowest BCUT2D eigenvalue weighted by molar-refractivity contribution is -0.161. The van der Waals surface area contributed by atoms with Crippen LogP contribution < -0.4 is 0 Å². The first-order valence-corrected chi connectivity index (χ1v) is 2.36. The Bertz CT molecular complexity index is 94.9. The third-order valence-electron chi connectivity index (χ3n) is 0.479. The maximum atomic E-state index is 11.2. The Balaban J connectivity index is 3.28. The van der Waals surface area contributed by atoms with Crippen molar-refractivity contribution in [3.8, 4) is 0 Å². The van der Waals surface area contributed by atoms with E-state index >= 15 is 0 Å². The van der Waals surface area contributed by atoms with Crippen LogP contribution in [0.4, 0.5) is 13.2 Å². The van der Waals surface area contributed by atoms with E-state index in [0.29, 0.717) is 0 Å². The molecule has 0 aromatic heterocycles. The predicted octanol–water partition coefficient (Wildman–Crippen LogP) is 2.10. The summed E-state index contributed by atoms with van der Waals surface area (Å²) in [6.45, 7) is 0.369. The number of ether oxygens (including phenoxy) is 1. The molecular formula is C5H7F3O. The number of hydrogen-bond donors (Lipinski definition) is 0. The summed E-state index contributed by atoms with van der Waals surface area (Å²) in [6, 6.07) is 0. The summed E-state index contributed by atoms with van der Waals surface area (Å²) in [5.41, 5.74) is 0. The molecule has 0 bridgehead atoms. The highest BCUT2D eigenvalue weighted by Gasteiger charge is 2.27. The van der Waals surface area contributed by atoms with E-state index in [1.165, 1.54) is 6.08 Å². The third kappa shape index (κ3) is 7.33. The minimum absolute atomic E-state index is 1.01. The highest BCUT2D eigenvalue weighted by atomic mass is 19.4. The van der Waals surface area contributed by atoms with Crippen molar-refractivity contribution in [1.82, 2.24) is 0 Å². The molecule has 0 unspecified atom stereocenters. The lowest BCUT2D eigenvalue weighted by atomic mass is 10.7. The molecule has 4 heteroatoms. The molecule has 0 amide bonds. The third-order valence-corrected chi connectivity index (χ3v) is 0.479. The van der Waals surface area contributed by atoms with Crippen molar-refractivity contribution in [3.05, 3.63) is 12.3 Å². The molecule has 0 aliphatic heterocycles. The smallest absolute Gasteiger partial charge is 0.422 e. The zero-order chi connectivity index (χ0) is 7.33. The van der Waals surface area contributed by atoms with Gasteiger partial charge in [-0.2, -0.15) is 13.2 Å². The van der Waals surface area contributed by atoms with Gasteiger partial charge in [-0.15, -0.1) is 0 Å². The molecule has 0 spiro atoms. The molecule has 0 saturated carbocycles. The number of hydrogen-bond acceptors (Lipinski definition) is 1. The van der Waals surface area contributed by atoms with Gasteiger partial charge in [-0.05, 0) is 6.92 Å². The van der Waals surface area contributed by atoms with Gasteiger partial charge in [-0.3, -0.25) is 0 Å². The largest absolute Gasteiger partial charge is 0.492 e. The molecule has 0 heterocycles. The van der Waals surface area contributed by atoms with Gasteiger partial charge in [0.25, 0.3) is 0 Å². The molecule has 54 valence electrons. The standard InChI is InChI=1S/C5H7F3O/c1-2-3-9-4-5(6,7)8/h2-3H,4H2,1H3. The van der Waals surface area contributed by atoms with Gasteiger partial charge < -0.3 is 4.74 Å². The molecule has 0 aliphatic carbocycles. The summed E-state index contributed by atoms with van der Waals surface area (Å²) >= 11 is 0. The van der Waals surface area contributed by atoms with Crippen LogP contribution in [0.15, 0.2) is 12.3 Å². The van der Waals surface area contributed by atoms with Crippen molar-refractivity contribution >= 4 is 0 Å². The van der Waals surface area contributed by atoms with E-state index in [9.17, 15) is 13.2 Å². The highest BCUT2D eigenvalue weighted by molar-refractivity contribution is 4.65. The van der Waals surface area contributed by atoms with Crippen molar-refractivity contribution in [3.63, 3.8) is 0 Å². The van der Waals surface area contributed by atoms with Crippen LogP contribution >= 0.6 is 0 Å². The van der Waals surface area contributed by atoms with E-state index < -0.39 is 12.8 Å². The van der Waals surface area contributed by atoms with Crippen LogP contribution in [0.1, 0.15) is 6.92 Å². The Labute approximate surface area is 51.1 Å². The second kappa shape index (κ2) is 3.37. The molecule has 0 atom stereocenters. The van der Waals surface area contributed by atoms with E-state index in [2.05, 4.69) is 4.74 Å². The monoisotopic (exact) mass is 140 g/mol. The quantitative estimate of drug-likeness (QED) is 0.533. The highest BCUT2D eigenvalue weighted by Crippen LogP contribution is 2.14. The minimum atomic E-state index is -4.22. The Morgan fingerprint density at radius 2 is 2.00 bits per heavy atom. The number of allylic oxidation sites excluding steroid dienone is 1. The normalized spacial score (nSPS) is 12.4. The van der Waals surface area contributed by atoms with Gasteiger partial charge in [0.15, 0.2) is 6.61 Å². The topological polar surface area (TPSA) is 9.23 Å². The van der Waals surface area contributed by atoms with Gasteiger partial charge in [0, 0.05) is 0 Å². The molecule has 1 nitrogen and oxygen atoms in total. The van der Waals surface area contributed by atoms with Gasteiger partial charge in [-0.25, -0.2) is 0 Å². The van der Waals surface area contributed by atoms with E-state index in [1.807, 2.05) is 0 Å². The Kier molecular flexibility index (Phi) is 3.12. The molecule has 0 fully saturated rings. The number of alkyl halides is 3. The first-order valence-electron chi connectivity index (χ1n) is 2.36. The molecular weight excluding hydrogens is 133 g/mol. The Morgan fingerprint density at radius 3 is 2.33 bits per heavy atom. The summed E-state index contributed by atoms with van der Waals surface area (Å²) in [4.78, 5) is 0. The van der Waals surface area contributed by atoms with Crippen molar-refractivity contribution in [1.29, 1.82) is 0 Å². The summed E-state index contributed by atoms with van der Waals surface area (Å²) < 4.78 is 37.7. The van der Waals surface area contributed by atoms with Crippen LogP contribution in [0, 0.1) is 0 Å². The van der Waals surface area contributed by atoms with Gasteiger partial charge in [0.1, 0.15) is 0 Å². The summed E-state index contributed by atoms with van der Waals surface area (Å²) in [5, 5.41) is 0. The van der Waals surface area contributed by atoms with Crippen LogP contribution in [-0.4, -0.2) is 12.8 Å². The zero-order valence-electron chi connectivity index (χ0n) is 4.90. The Hall–Kier alpha value is -0.670. The average Bonchev–Trinajstić information content (AvgIpc) is 1.63. The molecule has 0 saturated heterocycles. The molecule has 0 aromatic rings. The molecule has 0 aliphatic rings. The second-order valence-corrected chi connectivity index (χ2v) is 1.40. The summed E-state index contributed by atoms with van der Waals surface area (Å²) in [5.74, 6) is 0. The van der Waals surface area contributed by atoms with Crippen LogP contribution in [0.5, 0.6) is 0 Å². The molecule has 0 rings (SSSR count). The lowest BCUT2D eigenvalue weighted by Crippen LogP contribution is -2.14. The first kappa shape index (κ1) is 8.33. The Morgan fingerprint density at radius 1 is 1.44 bits per heavy atom. The number of rotatable bonds is 2. The van der Waals surface area contributed by atoms with E-state index in [-0.39, 0.29) is 0 Å². The SMILES string of the molecule is CC=COCC(F)(F)F. The van der Waals surface area contributed by atoms with Gasteiger partial charge in [0.05, 0.1) is 6.26 Å². The van der Waals surface area contributed by atoms with Crippen molar-refractivity contribution < 1.29 is 17.9 Å². The maximum absolute atomic E-state index is 11.2. The van der Waals surface area contributed by atoms with Crippen LogP contribution in [0.3, 0.4) is 0 Å². The van der Waals surface area contributed by atoms with Crippen LogP contribution in [0.25, 0.3) is 0 Å². The van der Waals surface area contributed by atoms with E-state index in [0.717, 1.165) is 6.26 Å². The first-order chi connectivity index (χ1) is 4.06. The van der Waals surface area contributed by atoms with Gasteiger partial charge in [0.2, 0.25) is 0 Å². The van der Waals surface area contributed by atoms with E-state index in [4.69, 9.17) is 0 Å². The molecule has 9 heavy (non-hydrogen) atoms. The summed E-state index contributed by atoms with van der Waals surface area (Å²) in [6.07, 6.45) is -1.82. The molecule has 0 N–H and O–H groups in total. The van der Waals surface area contributed by atoms with Crippen molar-refractivity contribution in [2.75, 3.05) is 6.61 Å². The van der Waals surface area contributed by atoms with Crippen LogP contribution in [0.2, 0.25) is 0 Å². The van der Waals surface area contributed by atoms with Gasteiger partial charge in [-0.1, -0.05) is 6.08 Å². The van der Waals surface area contributed by atoms with Crippen LogP contribution in [-0.2, 0) is 4.74 Å². The van der Waals surface area contributed by atoms with E-state index in [1.54, 1.807) is 6.92 Å². The molecule has 0 aromatic carbocycles. The maximum Gasteiger partial charge on any atom is 0.422 e. The summed E-state index contributed by atoms with van der Waals surface area (Å²) in [7, 11) is 0. The fourth-order valence-electron chi connectivity index (χ4n) is 0.239. The zero-order valence-corrected chi connectivity index (χ0v) is 4.90. The fourth-order valence-corrected chi connectivity index (χ4v) is 0.239. The van der Waals surface area contributed by atoms with Gasteiger partial charge >= 0.3 is 6.18 Å². The fraction of sp³-hybridized carbons (Fsp3) is 0.600. The number of halogens is 3. The second-order valence-electron chi connectivity index (χ2n) is 1.40.